The van der Waals surface area contributed by atoms with Gasteiger partial charge in [-0.1, -0.05) is 197 Å². The number of amides is 1. The number of esters is 1. The third-order valence-corrected chi connectivity index (χ3v) is 11.1. The maximum atomic E-state index is 12.4. The molecule has 6 nitrogen and oxygen atoms in total. The lowest BCUT2D eigenvalue weighted by Crippen LogP contribution is -2.45. The SMILES string of the molecule is CCC/C=C\C/C=C\CCCCCCCC(=O)OCCCCC/C=C\C=C/CCCCCCCCCCCCC(=O)NC(CO)C(O)CCCCCCCCCCC. The van der Waals surface area contributed by atoms with Gasteiger partial charge >= 0.3 is 5.97 Å². The average Bonchev–Trinajstić information content (AvgIpc) is 3.22. The predicted molar refractivity (Wildman–Crippen MR) is 250 cm³/mol. The van der Waals surface area contributed by atoms with Crippen molar-refractivity contribution in [2.75, 3.05) is 13.2 Å². The van der Waals surface area contributed by atoms with Gasteiger partial charge in [0.15, 0.2) is 0 Å². The van der Waals surface area contributed by atoms with Crippen LogP contribution in [0.25, 0.3) is 0 Å². The fourth-order valence-electron chi connectivity index (χ4n) is 7.25. The lowest BCUT2D eigenvalue weighted by atomic mass is 10.0. The van der Waals surface area contributed by atoms with Gasteiger partial charge in [0, 0.05) is 12.8 Å². The second kappa shape index (κ2) is 47.5. The van der Waals surface area contributed by atoms with E-state index in [4.69, 9.17) is 4.74 Å². The maximum Gasteiger partial charge on any atom is 0.305 e. The normalized spacial score (nSPS) is 13.1. The average molecular weight is 814 g/mol. The molecule has 0 saturated heterocycles. The van der Waals surface area contributed by atoms with Crippen molar-refractivity contribution in [1.82, 2.24) is 5.32 Å². The summed E-state index contributed by atoms with van der Waals surface area (Å²) < 4.78 is 5.42. The van der Waals surface area contributed by atoms with E-state index in [1.807, 2.05) is 0 Å². The Labute approximate surface area is 359 Å². The summed E-state index contributed by atoms with van der Waals surface area (Å²) in [5.74, 6) is -0.0792. The van der Waals surface area contributed by atoms with E-state index in [1.165, 1.54) is 128 Å². The first-order valence-electron chi connectivity index (χ1n) is 24.9. The largest absolute Gasteiger partial charge is 0.466 e. The molecular weight excluding hydrogens is 719 g/mol. The number of carbonyl (C=O) groups is 2. The second-order valence-corrected chi connectivity index (χ2v) is 16.8. The molecule has 1 amide bonds. The third-order valence-electron chi connectivity index (χ3n) is 11.1. The van der Waals surface area contributed by atoms with Crippen LogP contribution in [-0.4, -0.2) is 47.4 Å². The first-order valence-corrected chi connectivity index (χ1v) is 24.9. The van der Waals surface area contributed by atoms with Gasteiger partial charge in [0.25, 0.3) is 0 Å². The Bertz CT molecular complexity index is 988. The molecule has 0 saturated carbocycles. The summed E-state index contributed by atoms with van der Waals surface area (Å²) in [6, 6.07) is -0.548. The van der Waals surface area contributed by atoms with Crippen molar-refractivity contribution in [3.8, 4) is 0 Å². The predicted octanol–water partition coefficient (Wildman–Crippen LogP) is 14.7. The molecule has 0 aliphatic heterocycles. The van der Waals surface area contributed by atoms with Crippen LogP contribution in [0.4, 0.5) is 0 Å². The Morgan fingerprint density at radius 3 is 1.48 bits per heavy atom. The Morgan fingerprint density at radius 1 is 0.500 bits per heavy atom. The van der Waals surface area contributed by atoms with Crippen molar-refractivity contribution in [3.63, 3.8) is 0 Å². The molecule has 0 bridgehead atoms. The molecule has 0 aromatic heterocycles. The van der Waals surface area contributed by atoms with Crippen molar-refractivity contribution in [2.45, 2.75) is 257 Å². The summed E-state index contributed by atoms with van der Waals surface area (Å²) >= 11 is 0. The van der Waals surface area contributed by atoms with Crippen LogP contribution in [-0.2, 0) is 14.3 Å². The van der Waals surface area contributed by atoms with Crippen molar-refractivity contribution in [3.05, 3.63) is 48.6 Å². The van der Waals surface area contributed by atoms with Crippen LogP contribution in [0.3, 0.4) is 0 Å². The molecule has 2 atom stereocenters. The van der Waals surface area contributed by atoms with Crippen molar-refractivity contribution in [1.29, 1.82) is 0 Å². The molecule has 0 fully saturated rings. The van der Waals surface area contributed by atoms with Crippen LogP contribution < -0.4 is 5.32 Å². The van der Waals surface area contributed by atoms with E-state index in [0.717, 1.165) is 83.5 Å². The number of rotatable bonds is 45. The van der Waals surface area contributed by atoms with Crippen molar-refractivity contribution in [2.24, 2.45) is 0 Å². The molecule has 3 N–H and O–H groups in total. The quantitative estimate of drug-likeness (QED) is 0.0246. The van der Waals surface area contributed by atoms with Crippen LogP contribution in [0.5, 0.6) is 0 Å². The van der Waals surface area contributed by atoms with Gasteiger partial charge in [-0.05, 0) is 83.5 Å². The van der Waals surface area contributed by atoms with Gasteiger partial charge in [0.05, 0.1) is 25.4 Å². The fourth-order valence-corrected chi connectivity index (χ4v) is 7.25. The summed E-state index contributed by atoms with van der Waals surface area (Å²) in [6.45, 7) is 4.80. The Hall–Kier alpha value is -2.18. The van der Waals surface area contributed by atoms with Gasteiger partial charge < -0.3 is 20.3 Å². The number of unbranched alkanes of at least 4 members (excludes halogenated alkanes) is 27. The number of hydrogen-bond donors (Lipinski definition) is 3. The number of carbonyl (C=O) groups excluding carboxylic acids is 2. The van der Waals surface area contributed by atoms with E-state index in [-0.39, 0.29) is 18.5 Å². The van der Waals surface area contributed by atoms with Gasteiger partial charge in [-0.3, -0.25) is 9.59 Å². The molecule has 0 radical (unpaired) electrons. The highest BCUT2D eigenvalue weighted by atomic mass is 16.5. The molecule has 6 heteroatoms. The van der Waals surface area contributed by atoms with E-state index in [0.29, 0.717) is 25.9 Å². The highest BCUT2D eigenvalue weighted by Crippen LogP contribution is 2.15. The Morgan fingerprint density at radius 2 is 0.948 bits per heavy atom. The van der Waals surface area contributed by atoms with Crippen LogP contribution in [0, 0.1) is 0 Å². The molecule has 0 heterocycles. The fraction of sp³-hybridized carbons (Fsp3) is 0.808. The lowest BCUT2D eigenvalue weighted by molar-refractivity contribution is -0.143. The molecule has 0 aromatic rings. The summed E-state index contributed by atoms with van der Waals surface area (Å²) in [4.78, 5) is 24.3. The molecular formula is C52H95NO5. The van der Waals surface area contributed by atoms with Gasteiger partial charge in [0.1, 0.15) is 0 Å². The number of hydrogen-bond acceptors (Lipinski definition) is 5. The zero-order valence-corrected chi connectivity index (χ0v) is 38.3. The first-order chi connectivity index (χ1) is 28.5. The monoisotopic (exact) mass is 814 g/mol. The number of aliphatic hydroxyl groups is 2. The minimum atomic E-state index is -0.669. The number of aliphatic hydroxyl groups excluding tert-OH is 2. The van der Waals surface area contributed by atoms with Crippen molar-refractivity contribution >= 4 is 11.9 Å². The minimum absolute atomic E-state index is 0.0299. The first kappa shape index (κ1) is 55.8. The zero-order valence-electron chi connectivity index (χ0n) is 38.3. The highest BCUT2D eigenvalue weighted by molar-refractivity contribution is 5.76. The maximum absolute atomic E-state index is 12.4. The molecule has 58 heavy (non-hydrogen) atoms. The van der Waals surface area contributed by atoms with Crippen LogP contribution in [0.15, 0.2) is 48.6 Å². The number of nitrogens with one attached hydrogen (secondary N) is 1. The Balaban J connectivity index is 3.48. The number of allylic oxidation sites excluding steroid dienone is 8. The number of ether oxygens (including phenoxy) is 1. The van der Waals surface area contributed by atoms with Crippen molar-refractivity contribution < 1.29 is 24.5 Å². The molecule has 0 rings (SSSR count). The van der Waals surface area contributed by atoms with Crippen LogP contribution in [0.2, 0.25) is 0 Å². The van der Waals surface area contributed by atoms with E-state index < -0.39 is 12.1 Å². The smallest absolute Gasteiger partial charge is 0.305 e. The van der Waals surface area contributed by atoms with Crippen LogP contribution in [0.1, 0.15) is 245 Å². The summed E-state index contributed by atoms with van der Waals surface area (Å²) in [7, 11) is 0. The minimum Gasteiger partial charge on any atom is -0.466 e. The van der Waals surface area contributed by atoms with Gasteiger partial charge in [-0.2, -0.15) is 0 Å². The molecule has 2 unspecified atom stereocenters. The lowest BCUT2D eigenvalue weighted by Gasteiger charge is -2.22. The molecule has 0 aliphatic rings. The second-order valence-electron chi connectivity index (χ2n) is 16.8. The van der Waals surface area contributed by atoms with Crippen LogP contribution >= 0.6 is 0 Å². The summed E-state index contributed by atoms with van der Waals surface area (Å²) in [5.41, 5.74) is 0. The van der Waals surface area contributed by atoms with Gasteiger partial charge in [-0.25, -0.2) is 0 Å². The zero-order chi connectivity index (χ0) is 42.3. The summed E-state index contributed by atoms with van der Waals surface area (Å²) in [5, 5.41) is 23.0. The topological polar surface area (TPSA) is 95.9 Å². The molecule has 338 valence electrons. The van der Waals surface area contributed by atoms with Gasteiger partial charge in [0.2, 0.25) is 5.91 Å². The van der Waals surface area contributed by atoms with E-state index in [9.17, 15) is 19.8 Å². The van der Waals surface area contributed by atoms with E-state index in [1.54, 1.807) is 0 Å². The molecule has 0 aromatic carbocycles. The molecule has 0 spiro atoms. The van der Waals surface area contributed by atoms with E-state index >= 15 is 0 Å². The highest BCUT2D eigenvalue weighted by Gasteiger charge is 2.20. The summed E-state index contributed by atoms with van der Waals surface area (Å²) in [6.07, 6.45) is 58.0. The van der Waals surface area contributed by atoms with Gasteiger partial charge in [-0.15, -0.1) is 0 Å². The molecule has 0 aliphatic carbocycles. The Kier molecular flexibility index (Phi) is 45.7. The third kappa shape index (κ3) is 43.4. The van der Waals surface area contributed by atoms with E-state index in [2.05, 4.69) is 67.8 Å². The standard InChI is InChI=1S/C52H95NO5/c1-3-5-7-9-11-13-14-22-26-30-34-38-42-46-52(57)58-47-43-39-35-31-27-24-21-19-17-15-16-18-20-23-25-29-33-37-41-45-51(56)53-49(48-54)50(55)44-40-36-32-28-12-10-8-6-4-2/h7,9,13-14,19,21,24,27,49-50,54-55H,3-6,8,10-12,15-18,20,22-23,25-26,28-48H2,1-2H3,(H,53,56)/b9-7-,14-13-,21-19-,27-24-.